The molecule has 2 aromatic carbocycles. The summed E-state index contributed by atoms with van der Waals surface area (Å²) in [5.41, 5.74) is 2.25. The van der Waals surface area contributed by atoms with Crippen LogP contribution in [0.3, 0.4) is 0 Å². The minimum atomic E-state index is 0.0809. The largest absolute Gasteiger partial charge is 0.463 e. The highest BCUT2D eigenvalue weighted by molar-refractivity contribution is 6.31. The molecule has 0 aliphatic heterocycles. The van der Waals surface area contributed by atoms with Gasteiger partial charge in [0, 0.05) is 21.4 Å². The van der Waals surface area contributed by atoms with Crippen molar-refractivity contribution in [3.63, 3.8) is 0 Å². The molecule has 1 aromatic heterocycles. The first kappa shape index (κ1) is 11.6. The van der Waals surface area contributed by atoms with Crippen LogP contribution in [0.15, 0.2) is 41.0 Å². The van der Waals surface area contributed by atoms with Crippen LogP contribution in [0, 0.1) is 0 Å². The summed E-state index contributed by atoms with van der Waals surface area (Å²) in [6.07, 6.45) is 1.87. The standard InChI is InChI=1S/C16H15ClO/c1-16(2,3)14-9-18-15-12(14)7-5-10-4-6-11(17)8-13(10)15/h4-9H,1-3H3. The van der Waals surface area contributed by atoms with Gasteiger partial charge in [-0.15, -0.1) is 0 Å². The van der Waals surface area contributed by atoms with E-state index in [0.717, 1.165) is 21.4 Å². The van der Waals surface area contributed by atoms with Gasteiger partial charge in [0.1, 0.15) is 5.58 Å². The Morgan fingerprint density at radius 2 is 1.72 bits per heavy atom. The Balaban J connectivity index is 2.43. The molecular formula is C16H15ClO. The van der Waals surface area contributed by atoms with E-state index in [-0.39, 0.29) is 5.41 Å². The molecule has 3 aromatic rings. The number of furan rings is 1. The lowest BCUT2D eigenvalue weighted by atomic mass is 9.86. The van der Waals surface area contributed by atoms with Crippen molar-refractivity contribution in [3.05, 3.63) is 47.2 Å². The number of halogens is 1. The maximum Gasteiger partial charge on any atom is 0.142 e. The summed E-state index contributed by atoms with van der Waals surface area (Å²) < 4.78 is 5.79. The first-order chi connectivity index (χ1) is 8.47. The highest BCUT2D eigenvalue weighted by atomic mass is 35.5. The summed E-state index contributed by atoms with van der Waals surface area (Å²) in [6.45, 7) is 6.58. The van der Waals surface area contributed by atoms with Crippen LogP contribution < -0.4 is 0 Å². The Labute approximate surface area is 111 Å². The summed E-state index contributed by atoms with van der Waals surface area (Å²) >= 11 is 6.07. The average Bonchev–Trinajstić information content (AvgIpc) is 2.72. The molecule has 1 heterocycles. The first-order valence-electron chi connectivity index (χ1n) is 6.07. The zero-order valence-electron chi connectivity index (χ0n) is 10.8. The lowest BCUT2D eigenvalue weighted by molar-refractivity contribution is 0.558. The highest BCUT2D eigenvalue weighted by Gasteiger charge is 2.20. The van der Waals surface area contributed by atoms with Crippen LogP contribution in [0.25, 0.3) is 21.7 Å². The summed E-state index contributed by atoms with van der Waals surface area (Å²) in [7, 11) is 0. The molecule has 3 rings (SSSR count). The molecule has 0 radical (unpaired) electrons. The number of benzene rings is 2. The van der Waals surface area contributed by atoms with Gasteiger partial charge in [0.2, 0.25) is 0 Å². The molecule has 0 saturated heterocycles. The van der Waals surface area contributed by atoms with Gasteiger partial charge in [-0.3, -0.25) is 0 Å². The molecule has 0 fully saturated rings. The fraction of sp³-hybridized carbons (Fsp3) is 0.250. The quantitative estimate of drug-likeness (QED) is 0.516. The molecule has 0 spiro atoms. The van der Waals surface area contributed by atoms with Crippen LogP contribution in [0.5, 0.6) is 0 Å². The fourth-order valence-corrected chi connectivity index (χ4v) is 2.54. The molecule has 92 valence electrons. The van der Waals surface area contributed by atoms with Gasteiger partial charge in [0.25, 0.3) is 0 Å². The van der Waals surface area contributed by atoms with Gasteiger partial charge in [-0.1, -0.05) is 50.6 Å². The third kappa shape index (κ3) is 1.70. The second kappa shape index (κ2) is 3.76. The smallest absolute Gasteiger partial charge is 0.142 e. The van der Waals surface area contributed by atoms with Crippen LogP contribution in [-0.4, -0.2) is 0 Å². The fourth-order valence-electron chi connectivity index (χ4n) is 2.37. The van der Waals surface area contributed by atoms with Crippen molar-refractivity contribution in [2.24, 2.45) is 0 Å². The molecule has 0 aliphatic rings. The first-order valence-corrected chi connectivity index (χ1v) is 6.44. The van der Waals surface area contributed by atoms with Crippen molar-refractivity contribution in [1.82, 2.24) is 0 Å². The predicted octanol–water partition coefficient (Wildman–Crippen LogP) is 5.54. The molecule has 1 nitrogen and oxygen atoms in total. The molecule has 0 unspecified atom stereocenters. The monoisotopic (exact) mass is 258 g/mol. The van der Waals surface area contributed by atoms with Crippen LogP contribution in [0.2, 0.25) is 5.02 Å². The SMILES string of the molecule is CC(C)(C)c1coc2c1ccc1ccc(Cl)cc12. The van der Waals surface area contributed by atoms with Crippen molar-refractivity contribution in [2.45, 2.75) is 26.2 Å². The third-order valence-corrected chi connectivity index (χ3v) is 3.56. The van der Waals surface area contributed by atoms with Crippen LogP contribution in [0.4, 0.5) is 0 Å². The van der Waals surface area contributed by atoms with E-state index in [2.05, 4.69) is 32.9 Å². The van der Waals surface area contributed by atoms with Crippen molar-refractivity contribution in [3.8, 4) is 0 Å². The van der Waals surface area contributed by atoms with E-state index in [9.17, 15) is 0 Å². The van der Waals surface area contributed by atoms with Crippen molar-refractivity contribution in [1.29, 1.82) is 0 Å². The second-order valence-corrected chi connectivity index (χ2v) is 6.14. The average molecular weight is 259 g/mol. The Hall–Kier alpha value is -1.47. The molecule has 0 N–H and O–H groups in total. The molecule has 0 atom stereocenters. The van der Waals surface area contributed by atoms with Gasteiger partial charge in [0.05, 0.1) is 6.26 Å². The number of rotatable bonds is 0. The molecule has 0 amide bonds. The van der Waals surface area contributed by atoms with Gasteiger partial charge in [-0.2, -0.15) is 0 Å². The van der Waals surface area contributed by atoms with E-state index < -0.39 is 0 Å². The Bertz CT molecular complexity index is 732. The van der Waals surface area contributed by atoms with Crippen LogP contribution in [-0.2, 0) is 5.41 Å². The lowest BCUT2D eigenvalue weighted by Gasteiger charge is -2.16. The van der Waals surface area contributed by atoms with Crippen molar-refractivity contribution >= 4 is 33.3 Å². The molecule has 0 aliphatic carbocycles. The van der Waals surface area contributed by atoms with Gasteiger partial charge in [-0.25, -0.2) is 0 Å². The lowest BCUT2D eigenvalue weighted by Crippen LogP contribution is -2.09. The highest BCUT2D eigenvalue weighted by Crippen LogP contribution is 2.36. The normalized spacial score (nSPS) is 12.4. The number of hydrogen-bond donors (Lipinski definition) is 0. The summed E-state index contributed by atoms with van der Waals surface area (Å²) in [6, 6.07) is 10.2. The molecule has 0 saturated carbocycles. The van der Waals surface area contributed by atoms with Gasteiger partial charge >= 0.3 is 0 Å². The molecular weight excluding hydrogens is 244 g/mol. The van der Waals surface area contributed by atoms with Crippen molar-refractivity contribution < 1.29 is 4.42 Å². The summed E-state index contributed by atoms with van der Waals surface area (Å²) in [4.78, 5) is 0. The number of hydrogen-bond acceptors (Lipinski definition) is 1. The van der Waals surface area contributed by atoms with Crippen LogP contribution >= 0.6 is 11.6 Å². The Morgan fingerprint density at radius 3 is 2.44 bits per heavy atom. The summed E-state index contributed by atoms with van der Waals surface area (Å²) in [5.74, 6) is 0. The zero-order chi connectivity index (χ0) is 12.9. The van der Waals surface area contributed by atoms with Gasteiger partial charge in [-0.05, 0) is 22.9 Å². The predicted molar refractivity (Wildman–Crippen MR) is 77.4 cm³/mol. The van der Waals surface area contributed by atoms with Gasteiger partial charge in [0.15, 0.2) is 0 Å². The minimum Gasteiger partial charge on any atom is -0.463 e. The molecule has 0 bridgehead atoms. The van der Waals surface area contributed by atoms with E-state index >= 15 is 0 Å². The third-order valence-electron chi connectivity index (χ3n) is 3.33. The zero-order valence-corrected chi connectivity index (χ0v) is 11.5. The maximum atomic E-state index is 6.07. The van der Waals surface area contributed by atoms with E-state index in [4.69, 9.17) is 16.0 Å². The van der Waals surface area contributed by atoms with E-state index in [1.54, 1.807) is 0 Å². The van der Waals surface area contributed by atoms with E-state index in [1.165, 1.54) is 10.9 Å². The van der Waals surface area contributed by atoms with E-state index in [0.29, 0.717) is 0 Å². The Kier molecular flexibility index (Phi) is 2.43. The van der Waals surface area contributed by atoms with Crippen LogP contribution in [0.1, 0.15) is 26.3 Å². The topological polar surface area (TPSA) is 13.1 Å². The summed E-state index contributed by atoms with van der Waals surface area (Å²) in [5, 5.41) is 4.15. The van der Waals surface area contributed by atoms with E-state index in [1.807, 2.05) is 24.5 Å². The second-order valence-electron chi connectivity index (χ2n) is 5.71. The minimum absolute atomic E-state index is 0.0809. The van der Waals surface area contributed by atoms with Crippen molar-refractivity contribution in [2.75, 3.05) is 0 Å². The number of fused-ring (bicyclic) bond motifs is 3. The van der Waals surface area contributed by atoms with Gasteiger partial charge < -0.3 is 4.42 Å². The molecule has 18 heavy (non-hydrogen) atoms. The molecule has 2 heteroatoms. The Morgan fingerprint density at radius 1 is 1.00 bits per heavy atom. The maximum absolute atomic E-state index is 6.07.